The summed E-state index contributed by atoms with van der Waals surface area (Å²) in [5.41, 5.74) is 3.89. The molecule has 154 valence electrons. The highest BCUT2D eigenvalue weighted by Crippen LogP contribution is 2.23. The first-order chi connectivity index (χ1) is 13.7. The van der Waals surface area contributed by atoms with E-state index in [2.05, 4.69) is 15.8 Å². The van der Waals surface area contributed by atoms with Gasteiger partial charge < -0.3 is 10.1 Å². The van der Waals surface area contributed by atoms with Crippen molar-refractivity contribution in [2.24, 2.45) is 5.10 Å². The maximum atomic E-state index is 12.2. The topological polar surface area (TPSA) is 79.8 Å². The average Bonchev–Trinajstić information content (AvgIpc) is 2.69. The molecule has 0 heterocycles. The maximum absolute atomic E-state index is 12.2. The molecule has 0 saturated heterocycles. The Hall–Kier alpha value is -2.37. The highest BCUT2D eigenvalue weighted by molar-refractivity contribution is 6.39. The Labute approximate surface area is 168 Å². The molecule has 2 N–H and O–H groups in total. The van der Waals surface area contributed by atoms with E-state index >= 15 is 0 Å². The normalized spacial score (nSPS) is 16.2. The first-order valence-corrected chi connectivity index (χ1v) is 10.6. The van der Waals surface area contributed by atoms with Gasteiger partial charge in [-0.15, -0.1) is 0 Å². The van der Waals surface area contributed by atoms with Gasteiger partial charge >= 0.3 is 11.8 Å². The van der Waals surface area contributed by atoms with Gasteiger partial charge in [0.1, 0.15) is 5.75 Å². The fourth-order valence-electron chi connectivity index (χ4n) is 3.34. The Balaban J connectivity index is 1.89. The third kappa shape index (κ3) is 8.11. The van der Waals surface area contributed by atoms with Crippen LogP contribution in [0, 0.1) is 0 Å². The molecule has 0 unspecified atom stereocenters. The lowest BCUT2D eigenvalue weighted by atomic mass is 10.00. The van der Waals surface area contributed by atoms with Crippen LogP contribution >= 0.6 is 0 Å². The van der Waals surface area contributed by atoms with Crippen molar-refractivity contribution >= 4 is 23.2 Å². The summed E-state index contributed by atoms with van der Waals surface area (Å²) in [6.45, 7) is 2.34. The van der Waals surface area contributed by atoms with Gasteiger partial charge in [-0.05, 0) is 44.7 Å². The van der Waals surface area contributed by atoms with Crippen molar-refractivity contribution in [2.45, 2.75) is 77.6 Å². The van der Waals surface area contributed by atoms with Crippen molar-refractivity contribution in [1.29, 1.82) is 0 Å². The van der Waals surface area contributed by atoms with Crippen LogP contribution in [0.25, 0.3) is 0 Å². The molecule has 28 heavy (non-hydrogen) atoms. The van der Waals surface area contributed by atoms with Crippen LogP contribution in [0.1, 0.15) is 77.6 Å². The van der Waals surface area contributed by atoms with Gasteiger partial charge in [0.2, 0.25) is 0 Å². The number of hydrogen-bond donors (Lipinski definition) is 2. The molecule has 2 amide bonds. The van der Waals surface area contributed by atoms with E-state index in [4.69, 9.17) is 4.74 Å². The summed E-state index contributed by atoms with van der Waals surface area (Å²) in [5.74, 6) is -0.966. The minimum absolute atomic E-state index is 0.475. The molecule has 0 atom stereocenters. The molecule has 1 aromatic rings. The number of ether oxygens (including phenoxy) is 1. The van der Waals surface area contributed by atoms with E-state index in [1.54, 1.807) is 18.2 Å². The number of para-hydroxylation sites is 2. The third-order valence-electron chi connectivity index (χ3n) is 4.89. The predicted octanol–water partition coefficient (Wildman–Crippen LogP) is 4.80. The fraction of sp³-hybridized carbons (Fsp3) is 0.591. The van der Waals surface area contributed by atoms with Gasteiger partial charge in [0.15, 0.2) is 0 Å². The number of carbonyl (C=O) groups is 2. The Morgan fingerprint density at radius 2 is 1.46 bits per heavy atom. The summed E-state index contributed by atoms with van der Waals surface area (Å²) in [4.78, 5) is 24.4. The Kier molecular flexibility index (Phi) is 10.1. The van der Waals surface area contributed by atoms with Crippen LogP contribution in [0.2, 0.25) is 0 Å². The van der Waals surface area contributed by atoms with Crippen molar-refractivity contribution in [3.63, 3.8) is 0 Å². The standard InChI is InChI=1S/C22H33N3O3/c1-2-28-20-17-13-12-16-19(20)23-21(26)22(27)25-24-18-14-10-8-6-4-3-5-7-9-11-15-18/h12-13,16-17H,2-11,14-15H2,1H3,(H,23,26)(H,25,27). The highest BCUT2D eigenvalue weighted by atomic mass is 16.5. The minimum Gasteiger partial charge on any atom is -0.492 e. The number of hydrazone groups is 1. The Bertz CT molecular complexity index is 644. The van der Waals surface area contributed by atoms with Gasteiger partial charge in [0.05, 0.1) is 12.3 Å². The molecular weight excluding hydrogens is 354 g/mol. The second kappa shape index (κ2) is 12.9. The zero-order valence-corrected chi connectivity index (χ0v) is 17.0. The van der Waals surface area contributed by atoms with Crippen LogP contribution in [-0.4, -0.2) is 24.1 Å². The quantitative estimate of drug-likeness (QED) is 0.575. The first-order valence-electron chi connectivity index (χ1n) is 10.6. The summed E-state index contributed by atoms with van der Waals surface area (Å²) in [6.07, 6.45) is 12.8. The number of anilines is 1. The van der Waals surface area contributed by atoms with Crippen molar-refractivity contribution < 1.29 is 14.3 Å². The van der Waals surface area contributed by atoms with Crippen molar-refractivity contribution in [2.75, 3.05) is 11.9 Å². The van der Waals surface area contributed by atoms with E-state index < -0.39 is 11.8 Å². The molecule has 0 aliphatic heterocycles. The molecule has 1 aliphatic rings. The number of amides is 2. The molecule has 1 aromatic carbocycles. The van der Waals surface area contributed by atoms with Crippen LogP contribution in [0.15, 0.2) is 29.4 Å². The number of nitrogens with zero attached hydrogens (tertiary/aromatic N) is 1. The van der Waals surface area contributed by atoms with Crippen LogP contribution in [0.5, 0.6) is 5.75 Å². The summed E-state index contributed by atoms with van der Waals surface area (Å²) in [5, 5.41) is 6.85. The molecular formula is C22H33N3O3. The molecule has 0 spiro atoms. The SMILES string of the molecule is CCOc1ccccc1NC(=O)C(=O)NN=C1CCCCCCCCCCC1. The van der Waals surface area contributed by atoms with Crippen LogP contribution in [0.3, 0.4) is 0 Å². The number of benzene rings is 1. The molecule has 0 radical (unpaired) electrons. The molecule has 1 fully saturated rings. The second-order valence-electron chi connectivity index (χ2n) is 7.18. The monoisotopic (exact) mass is 387 g/mol. The zero-order valence-electron chi connectivity index (χ0n) is 17.0. The van der Waals surface area contributed by atoms with Gasteiger partial charge in [-0.25, -0.2) is 5.43 Å². The Morgan fingerprint density at radius 1 is 0.893 bits per heavy atom. The summed E-state index contributed by atoms with van der Waals surface area (Å²) < 4.78 is 5.47. The molecule has 0 aromatic heterocycles. The first kappa shape index (κ1) is 21.9. The highest BCUT2D eigenvalue weighted by Gasteiger charge is 2.15. The molecule has 6 heteroatoms. The van der Waals surface area contributed by atoms with Crippen LogP contribution in [0.4, 0.5) is 5.69 Å². The minimum atomic E-state index is -0.759. The lowest BCUT2D eigenvalue weighted by molar-refractivity contribution is -0.136. The molecule has 2 rings (SSSR count). The van der Waals surface area contributed by atoms with E-state index in [-0.39, 0.29) is 0 Å². The van der Waals surface area contributed by atoms with Crippen LogP contribution in [-0.2, 0) is 9.59 Å². The summed E-state index contributed by atoms with van der Waals surface area (Å²) in [7, 11) is 0. The molecule has 6 nitrogen and oxygen atoms in total. The van der Waals surface area contributed by atoms with Crippen molar-refractivity contribution in [1.82, 2.24) is 5.43 Å². The van der Waals surface area contributed by atoms with E-state index in [0.717, 1.165) is 31.4 Å². The van der Waals surface area contributed by atoms with Gasteiger partial charge in [0.25, 0.3) is 0 Å². The third-order valence-corrected chi connectivity index (χ3v) is 4.89. The molecule has 1 saturated carbocycles. The lowest BCUT2D eigenvalue weighted by Gasteiger charge is -2.11. The van der Waals surface area contributed by atoms with Gasteiger partial charge in [0, 0.05) is 5.71 Å². The smallest absolute Gasteiger partial charge is 0.329 e. The lowest BCUT2D eigenvalue weighted by Crippen LogP contribution is -2.33. The van der Waals surface area contributed by atoms with Gasteiger partial charge in [-0.2, -0.15) is 5.10 Å². The van der Waals surface area contributed by atoms with Crippen molar-refractivity contribution in [3.05, 3.63) is 24.3 Å². The number of hydrogen-bond acceptors (Lipinski definition) is 4. The Morgan fingerprint density at radius 3 is 2.07 bits per heavy atom. The number of rotatable bonds is 4. The average molecular weight is 388 g/mol. The van der Waals surface area contributed by atoms with E-state index in [9.17, 15) is 9.59 Å². The number of nitrogens with one attached hydrogen (secondary N) is 2. The summed E-state index contributed by atoms with van der Waals surface area (Å²) in [6, 6.07) is 7.05. The largest absolute Gasteiger partial charge is 0.492 e. The van der Waals surface area contributed by atoms with E-state index in [1.807, 2.05) is 13.0 Å². The molecule has 1 aliphatic carbocycles. The number of carbonyl (C=O) groups excluding carboxylic acids is 2. The van der Waals surface area contributed by atoms with Gasteiger partial charge in [-0.3, -0.25) is 9.59 Å². The second-order valence-corrected chi connectivity index (χ2v) is 7.18. The fourth-order valence-corrected chi connectivity index (χ4v) is 3.34. The zero-order chi connectivity index (χ0) is 20.0. The van der Waals surface area contributed by atoms with E-state index in [0.29, 0.717) is 18.0 Å². The maximum Gasteiger partial charge on any atom is 0.329 e. The summed E-state index contributed by atoms with van der Waals surface area (Å²) >= 11 is 0. The van der Waals surface area contributed by atoms with Crippen molar-refractivity contribution in [3.8, 4) is 5.75 Å². The van der Waals surface area contributed by atoms with Gasteiger partial charge in [-0.1, -0.05) is 57.1 Å². The molecule has 0 bridgehead atoms. The predicted molar refractivity (Wildman–Crippen MR) is 113 cm³/mol. The van der Waals surface area contributed by atoms with E-state index in [1.165, 1.54) is 44.9 Å². The van der Waals surface area contributed by atoms with Crippen LogP contribution < -0.4 is 15.5 Å².